The molecule has 0 radical (unpaired) electrons. The van der Waals surface area contributed by atoms with Gasteiger partial charge in [-0.15, -0.1) is 0 Å². The third kappa shape index (κ3) is 3.85. The van der Waals surface area contributed by atoms with E-state index in [4.69, 9.17) is 4.42 Å². The third-order valence-corrected chi connectivity index (χ3v) is 3.95. The molecule has 1 aromatic heterocycles. The van der Waals surface area contributed by atoms with E-state index in [2.05, 4.69) is 10.6 Å². The van der Waals surface area contributed by atoms with Gasteiger partial charge >= 0.3 is 0 Å². The highest BCUT2D eigenvalue weighted by Gasteiger charge is 2.19. The number of anilines is 1. The Balaban J connectivity index is 1.64. The van der Waals surface area contributed by atoms with E-state index in [1.54, 1.807) is 6.92 Å². The van der Waals surface area contributed by atoms with Crippen LogP contribution in [0.1, 0.15) is 25.6 Å². The minimum atomic E-state index is -1.01. The first-order valence-electron chi connectivity index (χ1n) is 7.94. The Morgan fingerprint density at radius 3 is 2.52 bits per heavy atom. The molecule has 1 amide bonds. The first-order chi connectivity index (χ1) is 11.9. The number of halogens is 2. The lowest BCUT2D eigenvalue weighted by Crippen LogP contribution is -2.39. The van der Waals surface area contributed by atoms with Crippen LogP contribution in [-0.2, 0) is 4.79 Å². The van der Waals surface area contributed by atoms with Gasteiger partial charge in [0.15, 0.2) is 11.6 Å². The van der Waals surface area contributed by atoms with Crippen LogP contribution in [0.5, 0.6) is 0 Å². The van der Waals surface area contributed by atoms with Gasteiger partial charge in [-0.3, -0.25) is 10.1 Å². The number of para-hydroxylation sites is 1. The zero-order valence-corrected chi connectivity index (χ0v) is 13.8. The lowest BCUT2D eigenvalue weighted by molar-refractivity contribution is -0.118. The summed E-state index contributed by atoms with van der Waals surface area (Å²) in [6.45, 7) is 3.58. The molecular formula is C19H18F2N2O2. The number of furan rings is 1. The van der Waals surface area contributed by atoms with Gasteiger partial charge in [0.2, 0.25) is 5.91 Å². The highest BCUT2D eigenvalue weighted by Crippen LogP contribution is 2.24. The monoisotopic (exact) mass is 344 g/mol. The number of hydrogen-bond acceptors (Lipinski definition) is 3. The van der Waals surface area contributed by atoms with Crippen LogP contribution in [0.15, 0.2) is 52.9 Å². The van der Waals surface area contributed by atoms with Crippen molar-refractivity contribution in [3.05, 3.63) is 65.9 Å². The van der Waals surface area contributed by atoms with Crippen LogP contribution < -0.4 is 10.6 Å². The van der Waals surface area contributed by atoms with Crippen molar-refractivity contribution < 1.29 is 18.0 Å². The molecule has 3 rings (SSSR count). The van der Waals surface area contributed by atoms with Crippen LogP contribution in [0.25, 0.3) is 11.0 Å². The SMILES string of the molecule is CC(NC(C)c1cc2ccccc2o1)C(=O)Nc1ccc(F)c(F)c1. The average molecular weight is 344 g/mol. The molecule has 0 saturated carbocycles. The van der Waals surface area contributed by atoms with Crippen LogP contribution in [0.4, 0.5) is 14.5 Å². The summed E-state index contributed by atoms with van der Waals surface area (Å²) in [4.78, 5) is 12.2. The summed E-state index contributed by atoms with van der Waals surface area (Å²) in [5, 5.41) is 6.67. The number of fused-ring (bicyclic) bond motifs is 1. The summed E-state index contributed by atoms with van der Waals surface area (Å²) in [5.74, 6) is -1.60. The van der Waals surface area contributed by atoms with Crippen LogP contribution in [0.3, 0.4) is 0 Å². The molecule has 2 unspecified atom stereocenters. The van der Waals surface area contributed by atoms with Crippen LogP contribution in [-0.4, -0.2) is 11.9 Å². The molecule has 2 atom stereocenters. The Bertz CT molecular complexity index is 874. The Labute approximate surface area is 143 Å². The van der Waals surface area contributed by atoms with Gasteiger partial charge in [-0.05, 0) is 38.1 Å². The summed E-state index contributed by atoms with van der Waals surface area (Å²) in [6, 6.07) is 12.1. The van der Waals surface area contributed by atoms with E-state index in [9.17, 15) is 13.6 Å². The standard InChI is InChI=1S/C19H18F2N2O2/c1-11(18-9-13-5-3-4-6-17(13)25-18)22-12(2)19(24)23-14-7-8-15(20)16(21)10-14/h3-12,22H,1-2H3,(H,23,24). The van der Waals surface area contributed by atoms with Crippen molar-refractivity contribution in [2.24, 2.45) is 0 Å². The van der Waals surface area contributed by atoms with Crippen molar-refractivity contribution in [2.75, 3.05) is 5.32 Å². The number of rotatable bonds is 5. The fourth-order valence-electron chi connectivity index (χ4n) is 2.57. The number of benzene rings is 2. The van der Waals surface area contributed by atoms with E-state index < -0.39 is 17.7 Å². The topological polar surface area (TPSA) is 54.3 Å². The summed E-state index contributed by atoms with van der Waals surface area (Å²) in [5.41, 5.74) is 0.985. The molecular weight excluding hydrogens is 326 g/mol. The molecule has 0 bridgehead atoms. The fourth-order valence-corrected chi connectivity index (χ4v) is 2.57. The molecule has 0 fully saturated rings. The van der Waals surface area contributed by atoms with Crippen molar-refractivity contribution in [2.45, 2.75) is 25.9 Å². The molecule has 3 aromatic rings. The van der Waals surface area contributed by atoms with Gasteiger partial charge in [0, 0.05) is 17.1 Å². The number of carbonyl (C=O) groups excluding carboxylic acids is 1. The summed E-state index contributed by atoms with van der Waals surface area (Å²) in [7, 11) is 0. The molecule has 1 heterocycles. The first-order valence-corrected chi connectivity index (χ1v) is 7.94. The normalized spacial score (nSPS) is 13.6. The second-order valence-electron chi connectivity index (χ2n) is 5.91. The summed E-state index contributed by atoms with van der Waals surface area (Å²) in [6.07, 6.45) is 0. The number of hydrogen-bond donors (Lipinski definition) is 2. The van der Waals surface area contributed by atoms with Gasteiger partial charge in [-0.2, -0.15) is 0 Å². The van der Waals surface area contributed by atoms with E-state index >= 15 is 0 Å². The quantitative estimate of drug-likeness (QED) is 0.722. The van der Waals surface area contributed by atoms with Crippen LogP contribution >= 0.6 is 0 Å². The Hall–Kier alpha value is -2.73. The lowest BCUT2D eigenvalue weighted by Gasteiger charge is -2.18. The van der Waals surface area contributed by atoms with E-state index in [-0.39, 0.29) is 17.6 Å². The molecule has 0 spiro atoms. The lowest BCUT2D eigenvalue weighted by atomic mass is 10.2. The van der Waals surface area contributed by atoms with Crippen molar-refractivity contribution >= 4 is 22.6 Å². The number of carbonyl (C=O) groups is 1. The molecule has 4 nitrogen and oxygen atoms in total. The molecule has 0 saturated heterocycles. The van der Waals surface area contributed by atoms with Crippen molar-refractivity contribution in [3.63, 3.8) is 0 Å². The molecule has 130 valence electrons. The first kappa shape index (κ1) is 17.1. The Morgan fingerprint density at radius 1 is 1.04 bits per heavy atom. The predicted octanol–water partition coefficient (Wildman–Crippen LogP) is 4.39. The van der Waals surface area contributed by atoms with E-state index in [1.165, 1.54) is 6.07 Å². The van der Waals surface area contributed by atoms with Gasteiger partial charge in [0.05, 0.1) is 12.1 Å². The van der Waals surface area contributed by atoms with Crippen molar-refractivity contribution in [1.29, 1.82) is 0 Å². The summed E-state index contributed by atoms with van der Waals surface area (Å²) < 4.78 is 31.9. The maximum atomic E-state index is 13.2. The van der Waals surface area contributed by atoms with E-state index in [1.807, 2.05) is 37.3 Å². The summed E-state index contributed by atoms with van der Waals surface area (Å²) >= 11 is 0. The Morgan fingerprint density at radius 2 is 1.80 bits per heavy atom. The zero-order chi connectivity index (χ0) is 18.0. The van der Waals surface area contributed by atoms with Crippen LogP contribution in [0.2, 0.25) is 0 Å². The van der Waals surface area contributed by atoms with Gasteiger partial charge in [0.1, 0.15) is 11.3 Å². The predicted molar refractivity (Wildman–Crippen MR) is 92.2 cm³/mol. The average Bonchev–Trinajstić information content (AvgIpc) is 3.02. The maximum Gasteiger partial charge on any atom is 0.241 e. The van der Waals surface area contributed by atoms with Gasteiger partial charge < -0.3 is 9.73 Å². The molecule has 0 aliphatic carbocycles. The van der Waals surface area contributed by atoms with Crippen LogP contribution in [0, 0.1) is 11.6 Å². The number of nitrogens with one attached hydrogen (secondary N) is 2. The third-order valence-electron chi connectivity index (χ3n) is 3.95. The largest absolute Gasteiger partial charge is 0.459 e. The number of amides is 1. The van der Waals surface area contributed by atoms with Gasteiger partial charge in [0.25, 0.3) is 0 Å². The Kier molecular flexibility index (Phi) is 4.81. The minimum absolute atomic E-state index is 0.196. The highest BCUT2D eigenvalue weighted by molar-refractivity contribution is 5.94. The molecule has 6 heteroatoms. The second kappa shape index (κ2) is 7.03. The molecule has 2 N–H and O–H groups in total. The van der Waals surface area contributed by atoms with Gasteiger partial charge in [-0.25, -0.2) is 8.78 Å². The molecule has 2 aromatic carbocycles. The second-order valence-corrected chi connectivity index (χ2v) is 5.91. The highest BCUT2D eigenvalue weighted by atomic mass is 19.2. The van der Waals surface area contributed by atoms with E-state index in [0.717, 1.165) is 23.1 Å². The smallest absolute Gasteiger partial charge is 0.241 e. The zero-order valence-electron chi connectivity index (χ0n) is 13.8. The maximum absolute atomic E-state index is 13.2. The molecule has 0 aliphatic heterocycles. The van der Waals surface area contributed by atoms with Gasteiger partial charge in [-0.1, -0.05) is 18.2 Å². The van der Waals surface area contributed by atoms with E-state index in [0.29, 0.717) is 5.76 Å². The van der Waals surface area contributed by atoms with Crippen molar-refractivity contribution in [1.82, 2.24) is 5.32 Å². The molecule has 25 heavy (non-hydrogen) atoms. The fraction of sp³-hybridized carbons (Fsp3) is 0.211. The minimum Gasteiger partial charge on any atom is -0.459 e. The van der Waals surface area contributed by atoms with Crippen molar-refractivity contribution in [3.8, 4) is 0 Å². The molecule has 0 aliphatic rings.